The molecule has 0 aliphatic carbocycles. The number of hydrogen-bond acceptors (Lipinski definition) is 6. The number of methoxy groups -OCH3 is 1. The Hall–Kier alpha value is -1.85. The number of nitrogens with zero attached hydrogens (tertiary/aromatic N) is 2. The van der Waals surface area contributed by atoms with Crippen molar-refractivity contribution in [2.24, 2.45) is 0 Å². The number of nitriles is 1. The van der Waals surface area contributed by atoms with Crippen LogP contribution in [0.15, 0.2) is 54.6 Å². The Labute approximate surface area is 184 Å². The second-order valence-electron chi connectivity index (χ2n) is 7.64. The first-order chi connectivity index (χ1) is 13.7. The van der Waals surface area contributed by atoms with Gasteiger partial charge in [-0.1, -0.05) is 41.9 Å². The summed E-state index contributed by atoms with van der Waals surface area (Å²) in [7, 11) is 4.13. The molecule has 0 bridgehead atoms. The summed E-state index contributed by atoms with van der Waals surface area (Å²) in [6.07, 6.45) is 0. The zero-order valence-corrected chi connectivity index (χ0v) is 19.0. The summed E-state index contributed by atoms with van der Waals surface area (Å²) in [5.41, 5.74) is 1.02. The molecule has 1 heterocycles. The van der Waals surface area contributed by atoms with E-state index in [1.807, 2.05) is 39.0 Å². The van der Waals surface area contributed by atoms with Crippen LogP contribution in [0.1, 0.15) is 26.3 Å². The van der Waals surface area contributed by atoms with Crippen molar-refractivity contribution in [2.75, 3.05) is 12.0 Å². The summed E-state index contributed by atoms with van der Waals surface area (Å²) in [5, 5.41) is 10.3. The number of nitrogens with one attached hydrogen (secondary N) is 1. The van der Waals surface area contributed by atoms with Gasteiger partial charge in [-0.2, -0.15) is 5.26 Å². The zero-order valence-electron chi connectivity index (χ0n) is 16.6. The number of alkyl halides is 1. The fraction of sp³-hybridized carbons (Fsp3) is 0.333. The van der Waals surface area contributed by atoms with Gasteiger partial charge in [-0.3, -0.25) is 9.69 Å². The number of β-lactam (4-membered cyclic amide) rings is 1. The first kappa shape index (κ1) is 21.8. The SMILES string of the molecule is COc1ccc(N2C(=O)[C@](Cl)(c3ccccc3)[C@@]2(C#N)SSNC(C)(C)C)cc1. The summed E-state index contributed by atoms with van der Waals surface area (Å²) < 4.78 is 8.49. The quantitative estimate of drug-likeness (QED) is 0.288. The van der Waals surface area contributed by atoms with Crippen LogP contribution in [-0.4, -0.2) is 23.4 Å². The minimum atomic E-state index is -1.50. The van der Waals surface area contributed by atoms with Crippen molar-refractivity contribution in [2.45, 2.75) is 36.1 Å². The maximum atomic E-state index is 13.3. The van der Waals surface area contributed by atoms with E-state index >= 15 is 0 Å². The lowest BCUT2D eigenvalue weighted by Crippen LogP contribution is -2.76. The molecule has 0 aromatic heterocycles. The first-order valence-corrected chi connectivity index (χ1v) is 11.5. The number of amides is 1. The monoisotopic (exact) mass is 447 g/mol. The average molecular weight is 448 g/mol. The fourth-order valence-electron chi connectivity index (χ4n) is 3.01. The number of ether oxygens (including phenoxy) is 1. The third kappa shape index (κ3) is 3.71. The normalized spacial score (nSPS) is 24.0. The van der Waals surface area contributed by atoms with Crippen molar-refractivity contribution in [3.05, 3.63) is 60.2 Å². The van der Waals surface area contributed by atoms with Crippen LogP contribution in [0.25, 0.3) is 0 Å². The third-order valence-electron chi connectivity index (χ3n) is 4.44. The van der Waals surface area contributed by atoms with Gasteiger partial charge in [-0.05, 0) is 72.4 Å². The van der Waals surface area contributed by atoms with E-state index in [2.05, 4.69) is 10.8 Å². The molecule has 29 heavy (non-hydrogen) atoms. The maximum absolute atomic E-state index is 13.3. The van der Waals surface area contributed by atoms with Crippen LogP contribution in [0.4, 0.5) is 5.69 Å². The van der Waals surface area contributed by atoms with Gasteiger partial charge >= 0.3 is 0 Å². The molecular formula is C21H22ClN3O2S2. The molecule has 1 aliphatic rings. The van der Waals surface area contributed by atoms with Gasteiger partial charge in [0.2, 0.25) is 4.87 Å². The number of benzene rings is 2. The highest BCUT2D eigenvalue weighted by atomic mass is 35.5. The second kappa shape index (κ2) is 8.11. The largest absolute Gasteiger partial charge is 0.497 e. The Morgan fingerprint density at radius 2 is 1.76 bits per heavy atom. The van der Waals surface area contributed by atoms with Gasteiger partial charge in [-0.15, -0.1) is 0 Å². The molecule has 3 rings (SSSR count). The predicted octanol–water partition coefficient (Wildman–Crippen LogP) is 5.08. The number of hydrogen-bond donors (Lipinski definition) is 1. The van der Waals surface area contributed by atoms with Gasteiger partial charge in [0.1, 0.15) is 11.8 Å². The molecule has 0 unspecified atom stereocenters. The molecule has 5 nitrogen and oxygen atoms in total. The minimum Gasteiger partial charge on any atom is -0.497 e. The Kier molecular flexibility index (Phi) is 6.11. The molecule has 2 atom stereocenters. The summed E-state index contributed by atoms with van der Waals surface area (Å²) in [5.74, 6) is 0.335. The van der Waals surface area contributed by atoms with Gasteiger partial charge in [0.15, 0.2) is 4.87 Å². The highest BCUT2D eigenvalue weighted by Crippen LogP contribution is 2.62. The lowest BCUT2D eigenvalue weighted by Gasteiger charge is -2.57. The molecule has 0 radical (unpaired) electrons. The molecule has 1 fully saturated rings. The minimum absolute atomic E-state index is 0.172. The Morgan fingerprint density at radius 1 is 1.14 bits per heavy atom. The van der Waals surface area contributed by atoms with Crippen molar-refractivity contribution in [3.8, 4) is 11.8 Å². The average Bonchev–Trinajstić information content (AvgIpc) is 2.72. The lowest BCUT2D eigenvalue weighted by molar-refractivity contribution is -0.128. The van der Waals surface area contributed by atoms with E-state index in [-0.39, 0.29) is 11.4 Å². The summed E-state index contributed by atoms with van der Waals surface area (Å²) in [4.78, 5) is 12.0. The van der Waals surface area contributed by atoms with Crippen LogP contribution < -0.4 is 14.4 Å². The summed E-state index contributed by atoms with van der Waals surface area (Å²) >= 11 is 6.96. The molecular weight excluding hydrogens is 426 g/mol. The van der Waals surface area contributed by atoms with Gasteiger partial charge < -0.3 is 4.74 Å². The van der Waals surface area contributed by atoms with E-state index in [1.54, 1.807) is 43.5 Å². The van der Waals surface area contributed by atoms with Crippen LogP contribution in [0.3, 0.4) is 0 Å². The van der Waals surface area contributed by atoms with Crippen molar-refractivity contribution >= 4 is 45.0 Å². The number of halogens is 1. The van der Waals surface area contributed by atoms with Crippen molar-refractivity contribution < 1.29 is 9.53 Å². The topological polar surface area (TPSA) is 65.4 Å². The van der Waals surface area contributed by atoms with E-state index in [1.165, 1.54) is 26.7 Å². The molecule has 8 heteroatoms. The molecule has 1 N–H and O–H groups in total. The predicted molar refractivity (Wildman–Crippen MR) is 121 cm³/mol. The highest BCUT2D eigenvalue weighted by Gasteiger charge is 2.74. The van der Waals surface area contributed by atoms with Crippen molar-refractivity contribution in [1.82, 2.24) is 4.72 Å². The van der Waals surface area contributed by atoms with Gasteiger partial charge in [0, 0.05) is 11.2 Å². The molecule has 152 valence electrons. The smallest absolute Gasteiger partial charge is 0.259 e. The van der Waals surface area contributed by atoms with Gasteiger partial charge in [0.05, 0.1) is 7.11 Å². The van der Waals surface area contributed by atoms with Crippen LogP contribution in [0.5, 0.6) is 5.75 Å². The Morgan fingerprint density at radius 3 is 2.28 bits per heavy atom. The van der Waals surface area contributed by atoms with E-state index < -0.39 is 9.75 Å². The van der Waals surface area contributed by atoms with E-state index in [0.717, 1.165) is 0 Å². The van der Waals surface area contributed by atoms with Gasteiger partial charge in [0.25, 0.3) is 5.91 Å². The van der Waals surface area contributed by atoms with E-state index in [0.29, 0.717) is 17.0 Å². The number of anilines is 1. The number of carbonyl (C=O) groups is 1. The molecule has 0 saturated carbocycles. The van der Waals surface area contributed by atoms with Crippen LogP contribution in [0.2, 0.25) is 0 Å². The molecule has 2 aromatic rings. The Balaban J connectivity index is 2.05. The maximum Gasteiger partial charge on any atom is 0.259 e. The standard InChI is InChI=1S/C21H22ClN3O2S2/c1-19(2,3)24-29-28-20(14-23)21(22,15-8-6-5-7-9-15)18(26)25(20)16-10-12-17(27-4)13-11-16/h5-13,24H,1-4H3/t20-,21-/m1/s1. The number of carbonyl (C=O) groups excluding carboxylic acids is 1. The molecule has 1 aliphatic heterocycles. The van der Waals surface area contributed by atoms with Gasteiger partial charge in [-0.25, -0.2) is 4.72 Å². The van der Waals surface area contributed by atoms with Crippen molar-refractivity contribution in [3.63, 3.8) is 0 Å². The van der Waals surface area contributed by atoms with Crippen LogP contribution in [-0.2, 0) is 9.67 Å². The van der Waals surface area contributed by atoms with E-state index in [9.17, 15) is 10.1 Å². The fourth-order valence-corrected chi connectivity index (χ4v) is 6.58. The zero-order chi connectivity index (χ0) is 21.3. The highest BCUT2D eigenvalue weighted by molar-refractivity contribution is 8.76. The first-order valence-electron chi connectivity index (χ1n) is 8.96. The number of rotatable bonds is 6. The lowest BCUT2D eigenvalue weighted by atomic mass is 9.79. The van der Waals surface area contributed by atoms with Crippen LogP contribution >= 0.6 is 33.4 Å². The molecule has 1 amide bonds. The summed E-state index contributed by atoms with van der Waals surface area (Å²) in [6, 6.07) is 18.4. The third-order valence-corrected chi connectivity index (χ3v) is 8.03. The summed E-state index contributed by atoms with van der Waals surface area (Å²) in [6.45, 7) is 6.08. The van der Waals surface area contributed by atoms with E-state index in [4.69, 9.17) is 16.3 Å². The molecule has 1 saturated heterocycles. The molecule has 0 spiro atoms. The van der Waals surface area contributed by atoms with Crippen molar-refractivity contribution in [1.29, 1.82) is 5.26 Å². The molecule has 2 aromatic carbocycles. The Bertz CT molecular complexity index is 928. The second-order valence-corrected chi connectivity index (χ2v) is 10.3. The van der Waals surface area contributed by atoms with Crippen LogP contribution in [0, 0.1) is 11.3 Å².